The third-order valence-corrected chi connectivity index (χ3v) is 2.69. The molecular formula is C13H12N4O4. The van der Waals surface area contributed by atoms with E-state index in [0.717, 1.165) is 0 Å². The Labute approximate surface area is 119 Å². The summed E-state index contributed by atoms with van der Waals surface area (Å²) >= 11 is 0. The second-order valence-electron chi connectivity index (χ2n) is 4.28. The third-order valence-electron chi connectivity index (χ3n) is 2.69. The maximum Gasteiger partial charge on any atom is 0.326 e. The molecule has 0 unspecified atom stereocenters. The molecule has 2 amide bonds. The van der Waals surface area contributed by atoms with Crippen molar-refractivity contribution in [1.82, 2.24) is 15.3 Å². The average molecular weight is 288 g/mol. The minimum Gasteiger partial charge on any atom is -0.480 e. The standard InChI is InChI=1S/C13H12N4O4/c14-11(18)5-9(13(20)21)17-12(19)10-6-15-7-3-1-2-4-8(7)16-10/h1-4,6,9H,5H2,(H2,14,18)(H,17,19)(H,20,21)/t9-/m0/s1. The lowest BCUT2D eigenvalue weighted by molar-refractivity contribution is -0.140. The van der Waals surface area contributed by atoms with Gasteiger partial charge in [0, 0.05) is 0 Å². The SMILES string of the molecule is NC(=O)C[C@H](NC(=O)c1cnc2ccccc2n1)C(=O)O. The van der Waals surface area contributed by atoms with Gasteiger partial charge < -0.3 is 16.2 Å². The number of carboxylic acids is 1. The Hall–Kier alpha value is -3.03. The zero-order valence-electron chi connectivity index (χ0n) is 10.8. The molecule has 0 fully saturated rings. The van der Waals surface area contributed by atoms with E-state index in [1.54, 1.807) is 24.3 Å². The van der Waals surface area contributed by atoms with Gasteiger partial charge in [0.1, 0.15) is 11.7 Å². The zero-order valence-corrected chi connectivity index (χ0v) is 10.8. The molecule has 21 heavy (non-hydrogen) atoms. The molecule has 1 aromatic heterocycles. The van der Waals surface area contributed by atoms with Gasteiger partial charge in [-0.3, -0.25) is 14.6 Å². The number of para-hydroxylation sites is 2. The molecule has 8 nitrogen and oxygen atoms in total. The highest BCUT2D eigenvalue weighted by Gasteiger charge is 2.23. The van der Waals surface area contributed by atoms with Gasteiger partial charge in [-0.25, -0.2) is 9.78 Å². The first kappa shape index (κ1) is 14.4. The third kappa shape index (κ3) is 3.50. The van der Waals surface area contributed by atoms with E-state index in [1.807, 2.05) is 0 Å². The number of aromatic nitrogens is 2. The molecule has 2 rings (SSSR count). The Bertz CT molecular complexity index is 716. The van der Waals surface area contributed by atoms with Crippen LogP contribution in [-0.4, -0.2) is 38.9 Å². The number of hydrogen-bond donors (Lipinski definition) is 3. The predicted molar refractivity (Wildman–Crippen MR) is 72.2 cm³/mol. The van der Waals surface area contributed by atoms with Crippen LogP contribution in [0.2, 0.25) is 0 Å². The van der Waals surface area contributed by atoms with Gasteiger partial charge >= 0.3 is 5.97 Å². The van der Waals surface area contributed by atoms with Gasteiger partial charge in [-0.05, 0) is 12.1 Å². The van der Waals surface area contributed by atoms with Gasteiger partial charge in [-0.1, -0.05) is 12.1 Å². The summed E-state index contributed by atoms with van der Waals surface area (Å²) in [5.74, 6) is -2.91. The minimum atomic E-state index is -1.40. The highest BCUT2D eigenvalue weighted by atomic mass is 16.4. The fraction of sp³-hybridized carbons (Fsp3) is 0.154. The number of aliphatic carboxylic acids is 1. The summed E-state index contributed by atoms with van der Waals surface area (Å²) in [6.45, 7) is 0. The summed E-state index contributed by atoms with van der Waals surface area (Å²) in [7, 11) is 0. The molecule has 0 radical (unpaired) electrons. The number of carboxylic acid groups (broad SMARTS) is 1. The number of nitrogens with one attached hydrogen (secondary N) is 1. The lowest BCUT2D eigenvalue weighted by Gasteiger charge is -2.12. The van der Waals surface area contributed by atoms with Gasteiger partial charge in [-0.15, -0.1) is 0 Å². The lowest BCUT2D eigenvalue weighted by atomic mass is 10.2. The monoisotopic (exact) mass is 288 g/mol. The van der Waals surface area contributed by atoms with E-state index in [4.69, 9.17) is 10.8 Å². The van der Waals surface area contributed by atoms with Crippen LogP contribution in [0.3, 0.4) is 0 Å². The van der Waals surface area contributed by atoms with Crippen molar-refractivity contribution in [2.75, 3.05) is 0 Å². The molecule has 2 aromatic rings. The van der Waals surface area contributed by atoms with Crippen molar-refractivity contribution in [1.29, 1.82) is 0 Å². The van der Waals surface area contributed by atoms with E-state index in [1.165, 1.54) is 6.20 Å². The van der Waals surface area contributed by atoms with E-state index in [0.29, 0.717) is 11.0 Å². The quantitative estimate of drug-likeness (QED) is 0.690. The van der Waals surface area contributed by atoms with Gasteiger partial charge in [0.15, 0.2) is 0 Å². The van der Waals surface area contributed by atoms with Crippen LogP contribution >= 0.6 is 0 Å². The smallest absolute Gasteiger partial charge is 0.326 e. The number of nitrogens with two attached hydrogens (primary N) is 1. The molecule has 0 aliphatic rings. The number of rotatable bonds is 5. The van der Waals surface area contributed by atoms with Crippen LogP contribution in [0.15, 0.2) is 30.5 Å². The summed E-state index contributed by atoms with van der Waals surface area (Å²) < 4.78 is 0. The summed E-state index contributed by atoms with van der Waals surface area (Å²) in [5, 5.41) is 11.1. The zero-order chi connectivity index (χ0) is 15.4. The van der Waals surface area contributed by atoms with Crippen LogP contribution in [0, 0.1) is 0 Å². The van der Waals surface area contributed by atoms with E-state index in [2.05, 4.69) is 15.3 Å². The number of benzene rings is 1. The highest BCUT2D eigenvalue weighted by Crippen LogP contribution is 2.08. The lowest BCUT2D eigenvalue weighted by Crippen LogP contribution is -2.43. The number of carbonyl (C=O) groups excluding carboxylic acids is 2. The molecule has 108 valence electrons. The maximum absolute atomic E-state index is 12.0. The number of amides is 2. The first-order valence-corrected chi connectivity index (χ1v) is 6.01. The molecule has 1 atom stereocenters. The van der Waals surface area contributed by atoms with Gasteiger partial charge in [0.2, 0.25) is 5.91 Å². The Morgan fingerprint density at radius 3 is 2.52 bits per heavy atom. The first-order chi connectivity index (χ1) is 9.97. The highest BCUT2D eigenvalue weighted by molar-refractivity contribution is 5.97. The number of primary amides is 1. The number of nitrogens with zero attached hydrogens (tertiary/aromatic N) is 2. The molecular weight excluding hydrogens is 276 g/mol. The Balaban J connectivity index is 2.20. The number of fused-ring (bicyclic) bond motifs is 1. The normalized spacial score (nSPS) is 11.8. The summed E-state index contributed by atoms with van der Waals surface area (Å²) in [5.41, 5.74) is 6.02. The largest absolute Gasteiger partial charge is 0.480 e. The predicted octanol–water partition coefficient (Wildman–Crippen LogP) is -0.312. The fourth-order valence-corrected chi connectivity index (χ4v) is 1.70. The van der Waals surface area contributed by atoms with Crippen LogP contribution in [-0.2, 0) is 9.59 Å². The van der Waals surface area contributed by atoms with Gasteiger partial charge in [-0.2, -0.15) is 0 Å². The number of carbonyl (C=O) groups is 3. The minimum absolute atomic E-state index is 0.0376. The van der Waals surface area contributed by atoms with Crippen molar-refractivity contribution in [3.63, 3.8) is 0 Å². The van der Waals surface area contributed by atoms with E-state index >= 15 is 0 Å². The van der Waals surface area contributed by atoms with Crippen molar-refractivity contribution in [2.24, 2.45) is 5.73 Å². The molecule has 0 bridgehead atoms. The van der Waals surface area contributed by atoms with Crippen LogP contribution in [0.1, 0.15) is 16.9 Å². The summed E-state index contributed by atoms with van der Waals surface area (Å²) in [6.07, 6.45) is 0.739. The molecule has 0 aliphatic carbocycles. The molecule has 4 N–H and O–H groups in total. The Kier molecular flexibility index (Phi) is 4.07. The molecule has 0 aliphatic heterocycles. The fourth-order valence-electron chi connectivity index (χ4n) is 1.70. The average Bonchev–Trinajstić information content (AvgIpc) is 2.45. The van der Waals surface area contributed by atoms with Crippen molar-refractivity contribution in [3.8, 4) is 0 Å². The van der Waals surface area contributed by atoms with Crippen molar-refractivity contribution in [2.45, 2.75) is 12.5 Å². The summed E-state index contributed by atoms with van der Waals surface area (Å²) in [4.78, 5) is 41.8. The summed E-state index contributed by atoms with van der Waals surface area (Å²) in [6, 6.07) is 5.54. The van der Waals surface area contributed by atoms with Crippen LogP contribution in [0.5, 0.6) is 0 Å². The van der Waals surface area contributed by atoms with E-state index in [-0.39, 0.29) is 5.69 Å². The number of hydrogen-bond acceptors (Lipinski definition) is 5. The maximum atomic E-state index is 12.0. The Morgan fingerprint density at radius 1 is 1.24 bits per heavy atom. The molecule has 0 saturated heterocycles. The second kappa shape index (κ2) is 5.95. The molecule has 1 heterocycles. The van der Waals surface area contributed by atoms with E-state index in [9.17, 15) is 14.4 Å². The molecule has 8 heteroatoms. The first-order valence-electron chi connectivity index (χ1n) is 6.01. The molecule has 1 aromatic carbocycles. The Morgan fingerprint density at radius 2 is 1.90 bits per heavy atom. The topological polar surface area (TPSA) is 135 Å². The van der Waals surface area contributed by atoms with E-state index < -0.39 is 30.2 Å². The molecule has 0 spiro atoms. The van der Waals surface area contributed by atoms with Crippen molar-refractivity contribution < 1.29 is 19.5 Å². The molecule has 0 saturated carbocycles. The van der Waals surface area contributed by atoms with Crippen LogP contribution < -0.4 is 11.1 Å². The van der Waals surface area contributed by atoms with Crippen molar-refractivity contribution in [3.05, 3.63) is 36.2 Å². The van der Waals surface area contributed by atoms with Gasteiger partial charge in [0.05, 0.1) is 23.7 Å². The van der Waals surface area contributed by atoms with Crippen LogP contribution in [0.4, 0.5) is 0 Å². The van der Waals surface area contributed by atoms with Crippen LogP contribution in [0.25, 0.3) is 11.0 Å². The second-order valence-corrected chi connectivity index (χ2v) is 4.28. The van der Waals surface area contributed by atoms with Gasteiger partial charge in [0.25, 0.3) is 5.91 Å². The van der Waals surface area contributed by atoms with Crippen molar-refractivity contribution >= 4 is 28.8 Å².